The third kappa shape index (κ3) is 4.69. The molecule has 3 aromatic heterocycles. The van der Waals surface area contributed by atoms with Gasteiger partial charge in [-0.1, -0.05) is 12.1 Å². The van der Waals surface area contributed by atoms with Crippen molar-refractivity contribution in [1.29, 1.82) is 0 Å². The van der Waals surface area contributed by atoms with Crippen LogP contribution in [0.1, 0.15) is 19.8 Å². The molecule has 0 spiro atoms. The number of ether oxygens (including phenoxy) is 1. The van der Waals surface area contributed by atoms with Gasteiger partial charge in [0.25, 0.3) is 0 Å². The molecule has 1 aromatic carbocycles. The number of morpholine rings is 1. The average molecular weight is 486 g/mol. The van der Waals surface area contributed by atoms with Crippen LogP contribution in [0.4, 0.5) is 23.1 Å². The molecule has 5 heterocycles. The fraction of sp³-hybridized carbons (Fsp3) is 0.385. The van der Waals surface area contributed by atoms with Crippen molar-refractivity contribution in [2.75, 3.05) is 54.5 Å². The zero-order valence-corrected chi connectivity index (χ0v) is 20.4. The minimum atomic E-state index is -0.193. The fourth-order valence-corrected chi connectivity index (χ4v) is 5.00. The number of hydrogen-bond donors (Lipinski definition) is 3. The summed E-state index contributed by atoms with van der Waals surface area (Å²) in [7, 11) is 0. The molecular weight excluding hydrogens is 454 g/mol. The van der Waals surface area contributed by atoms with Gasteiger partial charge in [0, 0.05) is 43.1 Å². The Labute approximate surface area is 209 Å². The molecule has 0 aliphatic carbocycles. The molecule has 10 heteroatoms. The summed E-state index contributed by atoms with van der Waals surface area (Å²) >= 11 is 0. The predicted molar refractivity (Wildman–Crippen MR) is 142 cm³/mol. The number of piperidine rings is 1. The lowest BCUT2D eigenvalue weighted by molar-refractivity contribution is 0.122. The van der Waals surface area contributed by atoms with Gasteiger partial charge in [0.05, 0.1) is 36.7 Å². The third-order valence-electron chi connectivity index (χ3n) is 6.85. The van der Waals surface area contributed by atoms with Crippen LogP contribution in [-0.2, 0) is 4.74 Å². The average Bonchev–Trinajstić information content (AvgIpc) is 3.34. The SMILES string of the molecule is C[C@@]1(N)CCCN(c2ncc(Nc3ccc(-c4cc5c(N6CCOCC6)ncnc5[nH]4)cc3)cn2)C1. The van der Waals surface area contributed by atoms with Crippen LogP contribution in [0.15, 0.2) is 49.1 Å². The van der Waals surface area contributed by atoms with E-state index in [4.69, 9.17) is 10.5 Å². The molecule has 2 aliphatic heterocycles. The van der Waals surface area contributed by atoms with E-state index in [9.17, 15) is 0 Å². The maximum Gasteiger partial charge on any atom is 0.225 e. The molecule has 186 valence electrons. The van der Waals surface area contributed by atoms with Gasteiger partial charge in [0.2, 0.25) is 5.95 Å². The van der Waals surface area contributed by atoms with Gasteiger partial charge in [-0.05, 0) is 43.5 Å². The largest absolute Gasteiger partial charge is 0.378 e. The zero-order chi connectivity index (χ0) is 24.5. The van der Waals surface area contributed by atoms with Crippen molar-refractivity contribution in [3.05, 3.63) is 49.1 Å². The van der Waals surface area contributed by atoms with Crippen LogP contribution in [0.2, 0.25) is 0 Å². The minimum absolute atomic E-state index is 0.193. The van der Waals surface area contributed by atoms with Crippen molar-refractivity contribution >= 4 is 34.2 Å². The molecule has 2 fully saturated rings. The van der Waals surface area contributed by atoms with E-state index in [1.165, 1.54) is 0 Å². The lowest BCUT2D eigenvalue weighted by Crippen LogP contribution is -2.52. The van der Waals surface area contributed by atoms with Crippen molar-refractivity contribution in [1.82, 2.24) is 24.9 Å². The predicted octanol–water partition coefficient (Wildman–Crippen LogP) is 3.31. The smallest absolute Gasteiger partial charge is 0.225 e. The quantitative estimate of drug-likeness (QED) is 0.391. The lowest BCUT2D eigenvalue weighted by Gasteiger charge is -2.37. The van der Waals surface area contributed by atoms with Crippen molar-refractivity contribution in [3.8, 4) is 11.3 Å². The standard InChI is InChI=1S/C26H31N9O/c1-26(27)7-2-8-35(16-26)25-28-14-20(15-29-25)32-19-5-3-18(4-6-19)22-13-21-23(33-22)30-17-31-24(21)34-9-11-36-12-10-34/h3-6,13-15,17,32H,2,7-12,16,27H2,1H3,(H,30,31,33)/t26-/m1/s1. The highest BCUT2D eigenvalue weighted by atomic mass is 16.5. The lowest BCUT2D eigenvalue weighted by atomic mass is 9.93. The summed E-state index contributed by atoms with van der Waals surface area (Å²) < 4.78 is 5.49. The molecule has 4 aromatic rings. The summed E-state index contributed by atoms with van der Waals surface area (Å²) in [6.45, 7) is 6.91. The van der Waals surface area contributed by atoms with Crippen molar-refractivity contribution in [2.45, 2.75) is 25.3 Å². The van der Waals surface area contributed by atoms with Crippen molar-refractivity contribution < 1.29 is 4.74 Å². The van der Waals surface area contributed by atoms with Gasteiger partial charge in [0.1, 0.15) is 17.8 Å². The van der Waals surface area contributed by atoms with Gasteiger partial charge in [-0.25, -0.2) is 19.9 Å². The van der Waals surface area contributed by atoms with Gasteiger partial charge in [-0.15, -0.1) is 0 Å². The molecule has 10 nitrogen and oxygen atoms in total. The Bertz CT molecular complexity index is 1330. The number of H-pyrrole nitrogens is 1. The Morgan fingerprint density at radius 1 is 0.972 bits per heavy atom. The summed E-state index contributed by atoms with van der Waals surface area (Å²) in [6, 6.07) is 10.4. The number of fused-ring (bicyclic) bond motifs is 1. The molecule has 4 N–H and O–H groups in total. The van der Waals surface area contributed by atoms with Crippen LogP contribution in [-0.4, -0.2) is 69.9 Å². The van der Waals surface area contributed by atoms with Crippen LogP contribution in [0.3, 0.4) is 0 Å². The highest BCUT2D eigenvalue weighted by molar-refractivity contribution is 5.92. The number of aromatic amines is 1. The number of nitrogens with zero attached hydrogens (tertiary/aromatic N) is 6. The van der Waals surface area contributed by atoms with Crippen molar-refractivity contribution in [3.63, 3.8) is 0 Å². The van der Waals surface area contributed by atoms with E-state index in [0.29, 0.717) is 0 Å². The number of anilines is 4. The van der Waals surface area contributed by atoms with Crippen LogP contribution >= 0.6 is 0 Å². The summed E-state index contributed by atoms with van der Waals surface area (Å²) in [4.78, 5) is 26.0. The summed E-state index contributed by atoms with van der Waals surface area (Å²) in [6.07, 6.45) is 7.35. The summed E-state index contributed by atoms with van der Waals surface area (Å²) in [5.74, 6) is 1.68. The van der Waals surface area contributed by atoms with Gasteiger partial charge in [-0.3, -0.25) is 0 Å². The van der Waals surface area contributed by atoms with Crippen molar-refractivity contribution in [2.24, 2.45) is 5.73 Å². The normalized spacial score (nSPS) is 20.6. The molecule has 0 saturated carbocycles. The first-order chi connectivity index (χ1) is 17.5. The fourth-order valence-electron chi connectivity index (χ4n) is 5.00. The van der Waals surface area contributed by atoms with Gasteiger partial charge in [-0.2, -0.15) is 0 Å². The first-order valence-corrected chi connectivity index (χ1v) is 12.4. The van der Waals surface area contributed by atoms with Crippen LogP contribution in [0.5, 0.6) is 0 Å². The molecule has 2 saturated heterocycles. The Kier molecular flexibility index (Phi) is 5.90. The Morgan fingerprint density at radius 2 is 1.75 bits per heavy atom. The van der Waals surface area contributed by atoms with E-state index in [1.54, 1.807) is 6.33 Å². The number of nitrogens with two attached hydrogens (primary N) is 1. The molecule has 6 rings (SSSR count). The molecule has 2 aliphatic rings. The maximum absolute atomic E-state index is 6.33. The number of hydrogen-bond acceptors (Lipinski definition) is 9. The Balaban J connectivity index is 1.16. The maximum atomic E-state index is 6.33. The van der Waals surface area contributed by atoms with Gasteiger partial charge >= 0.3 is 0 Å². The Hall–Kier alpha value is -3.76. The molecule has 36 heavy (non-hydrogen) atoms. The second-order valence-electron chi connectivity index (χ2n) is 9.90. The molecule has 1 atom stereocenters. The van der Waals surface area contributed by atoms with Crippen LogP contribution < -0.4 is 20.9 Å². The molecule has 0 amide bonds. The van der Waals surface area contributed by atoms with E-state index >= 15 is 0 Å². The highest BCUT2D eigenvalue weighted by Crippen LogP contribution is 2.30. The number of aromatic nitrogens is 5. The van der Waals surface area contributed by atoms with E-state index < -0.39 is 0 Å². The van der Waals surface area contributed by atoms with E-state index in [-0.39, 0.29) is 5.54 Å². The van der Waals surface area contributed by atoms with Gasteiger partial charge in [0.15, 0.2) is 0 Å². The minimum Gasteiger partial charge on any atom is -0.378 e. The second-order valence-corrected chi connectivity index (χ2v) is 9.90. The number of nitrogens with one attached hydrogen (secondary N) is 2. The van der Waals surface area contributed by atoms with E-state index in [1.807, 2.05) is 24.5 Å². The number of rotatable bonds is 5. The van der Waals surface area contributed by atoms with E-state index in [0.717, 1.165) is 97.7 Å². The first-order valence-electron chi connectivity index (χ1n) is 12.4. The zero-order valence-electron chi connectivity index (χ0n) is 20.4. The third-order valence-corrected chi connectivity index (χ3v) is 6.85. The monoisotopic (exact) mass is 485 g/mol. The highest BCUT2D eigenvalue weighted by Gasteiger charge is 2.28. The first kappa shape index (κ1) is 22.7. The molecular formula is C26H31N9O. The molecule has 0 radical (unpaired) electrons. The van der Waals surface area contributed by atoms with Crippen LogP contribution in [0, 0.1) is 0 Å². The van der Waals surface area contributed by atoms with Crippen LogP contribution in [0.25, 0.3) is 22.3 Å². The number of benzene rings is 1. The van der Waals surface area contributed by atoms with E-state index in [2.05, 4.69) is 65.2 Å². The van der Waals surface area contributed by atoms with Gasteiger partial charge < -0.3 is 30.6 Å². The summed E-state index contributed by atoms with van der Waals surface area (Å²) in [5.41, 5.74) is 10.9. The second kappa shape index (κ2) is 9.36. The Morgan fingerprint density at radius 3 is 2.50 bits per heavy atom. The molecule has 0 unspecified atom stereocenters. The molecule has 0 bridgehead atoms. The summed E-state index contributed by atoms with van der Waals surface area (Å²) in [5, 5.41) is 4.41. The topological polar surface area (TPSA) is 121 Å².